The topological polar surface area (TPSA) is 21.7 Å². The Kier molecular flexibility index (Phi) is 7.99. The van der Waals surface area contributed by atoms with E-state index in [2.05, 4.69) is 63.9 Å². The van der Waals surface area contributed by atoms with Gasteiger partial charge in [-0.1, -0.05) is 32.9 Å². The molecule has 3 nitrogen and oxygen atoms in total. The molecule has 142 valence electrons. The zero-order chi connectivity index (χ0) is 18.9. The van der Waals surface area contributed by atoms with Crippen LogP contribution in [0, 0.1) is 0 Å². The minimum atomic E-state index is 0.393. The average molecular weight is 356 g/mol. The summed E-state index contributed by atoms with van der Waals surface area (Å²) in [6.45, 7) is 10.5. The lowest BCUT2D eigenvalue weighted by molar-refractivity contribution is 0.179. The Morgan fingerprint density at radius 3 is 1.81 bits per heavy atom. The molecule has 1 atom stereocenters. The van der Waals surface area contributed by atoms with Gasteiger partial charge < -0.3 is 14.4 Å². The predicted octanol–water partition coefficient (Wildman–Crippen LogP) is 6.10. The molecule has 0 saturated carbocycles. The van der Waals surface area contributed by atoms with Crippen LogP contribution in [-0.4, -0.2) is 31.1 Å². The quantitative estimate of drug-likeness (QED) is 0.514. The van der Waals surface area contributed by atoms with E-state index in [-0.39, 0.29) is 0 Å². The van der Waals surface area contributed by atoms with E-state index in [4.69, 9.17) is 9.47 Å². The molecule has 0 fully saturated rings. The highest BCUT2D eigenvalue weighted by atomic mass is 16.5. The van der Waals surface area contributed by atoms with Crippen LogP contribution >= 0.6 is 0 Å². The Balaban J connectivity index is 1.90. The smallest absolute Gasteiger partial charge is 0.127 e. The summed E-state index contributed by atoms with van der Waals surface area (Å²) in [7, 11) is 2.11. The van der Waals surface area contributed by atoms with E-state index in [0.29, 0.717) is 18.6 Å². The number of likely N-dealkylation sites (N-methyl/N-ethyl adjacent to an activating group) is 1. The molecule has 26 heavy (non-hydrogen) atoms. The van der Waals surface area contributed by atoms with Crippen LogP contribution < -0.4 is 9.47 Å². The third kappa shape index (κ3) is 5.77. The summed E-state index contributed by atoms with van der Waals surface area (Å²) in [6.07, 6.45) is 2.34. The molecule has 0 aliphatic rings. The van der Waals surface area contributed by atoms with E-state index in [1.54, 1.807) is 0 Å². The lowest BCUT2D eigenvalue weighted by Crippen LogP contribution is -2.33. The summed E-state index contributed by atoms with van der Waals surface area (Å²) < 4.78 is 11.8. The van der Waals surface area contributed by atoms with Gasteiger partial charge in [-0.2, -0.15) is 0 Å². The Morgan fingerprint density at radius 2 is 1.31 bits per heavy atom. The monoisotopic (exact) mass is 355 g/mol. The number of hydrogen-bond acceptors (Lipinski definition) is 3. The number of hydrogen-bond donors (Lipinski definition) is 0. The standard InChI is InChI=1S/C23H33NO2/c1-6-19(7-2)20-9-11-22(12-10-20)26-23-15-13-21(14-16-23)25-17-18(4)24(5)8-3/h9-16,18-19H,6-8,17H2,1-5H3. The van der Waals surface area contributed by atoms with E-state index in [1.165, 1.54) is 18.4 Å². The Labute approximate surface area is 158 Å². The summed E-state index contributed by atoms with van der Waals surface area (Å²) in [4.78, 5) is 2.27. The van der Waals surface area contributed by atoms with Gasteiger partial charge in [-0.15, -0.1) is 0 Å². The first kappa shape index (κ1) is 20.3. The molecule has 0 saturated heterocycles. The van der Waals surface area contributed by atoms with Crippen molar-refractivity contribution < 1.29 is 9.47 Å². The summed E-state index contributed by atoms with van der Waals surface area (Å²) >= 11 is 0. The normalized spacial score (nSPS) is 12.4. The molecule has 0 aliphatic carbocycles. The third-order valence-corrected chi connectivity index (χ3v) is 5.14. The summed E-state index contributed by atoms with van der Waals surface area (Å²) in [5.74, 6) is 3.20. The van der Waals surface area contributed by atoms with Crippen molar-refractivity contribution in [2.75, 3.05) is 20.2 Å². The van der Waals surface area contributed by atoms with Crippen LogP contribution in [0.1, 0.15) is 52.0 Å². The van der Waals surface area contributed by atoms with Crippen molar-refractivity contribution in [1.29, 1.82) is 0 Å². The molecular weight excluding hydrogens is 322 g/mol. The van der Waals surface area contributed by atoms with Crippen LogP contribution in [0.25, 0.3) is 0 Å². The summed E-state index contributed by atoms with van der Waals surface area (Å²) in [5.41, 5.74) is 1.39. The third-order valence-electron chi connectivity index (χ3n) is 5.14. The molecule has 2 aromatic carbocycles. The van der Waals surface area contributed by atoms with Gasteiger partial charge in [0.2, 0.25) is 0 Å². The van der Waals surface area contributed by atoms with Crippen molar-refractivity contribution in [3.05, 3.63) is 54.1 Å². The molecule has 0 aromatic heterocycles. The summed E-state index contributed by atoms with van der Waals surface area (Å²) in [5, 5.41) is 0. The number of rotatable bonds is 10. The minimum absolute atomic E-state index is 0.393. The second-order valence-corrected chi connectivity index (χ2v) is 6.89. The van der Waals surface area contributed by atoms with Crippen molar-refractivity contribution in [3.63, 3.8) is 0 Å². The van der Waals surface area contributed by atoms with Gasteiger partial charge in [0, 0.05) is 6.04 Å². The molecule has 3 heteroatoms. The zero-order valence-corrected chi connectivity index (χ0v) is 16.9. The number of benzene rings is 2. The van der Waals surface area contributed by atoms with Crippen LogP contribution in [-0.2, 0) is 0 Å². The van der Waals surface area contributed by atoms with Crippen LogP contribution in [0.2, 0.25) is 0 Å². The predicted molar refractivity (Wildman–Crippen MR) is 110 cm³/mol. The number of nitrogens with zero attached hydrogens (tertiary/aromatic N) is 1. The Bertz CT molecular complexity index is 632. The fourth-order valence-electron chi connectivity index (χ4n) is 2.96. The van der Waals surface area contributed by atoms with Gasteiger partial charge in [0.05, 0.1) is 0 Å². The van der Waals surface area contributed by atoms with Gasteiger partial charge in [-0.25, -0.2) is 0 Å². The molecule has 0 aliphatic heterocycles. The van der Waals surface area contributed by atoms with E-state index >= 15 is 0 Å². The van der Waals surface area contributed by atoms with Gasteiger partial charge in [0.25, 0.3) is 0 Å². The summed E-state index contributed by atoms with van der Waals surface area (Å²) in [6, 6.07) is 16.7. The van der Waals surface area contributed by atoms with E-state index in [9.17, 15) is 0 Å². The van der Waals surface area contributed by atoms with Crippen molar-refractivity contribution in [2.24, 2.45) is 0 Å². The maximum Gasteiger partial charge on any atom is 0.127 e. The Morgan fingerprint density at radius 1 is 0.808 bits per heavy atom. The highest BCUT2D eigenvalue weighted by Crippen LogP contribution is 2.28. The molecule has 0 heterocycles. The maximum atomic E-state index is 5.95. The molecule has 0 radical (unpaired) electrons. The van der Waals surface area contributed by atoms with Crippen molar-refractivity contribution in [1.82, 2.24) is 4.90 Å². The molecule has 0 bridgehead atoms. The van der Waals surface area contributed by atoms with E-state index in [1.807, 2.05) is 24.3 Å². The molecular formula is C23H33NO2. The van der Waals surface area contributed by atoms with Crippen LogP contribution in [0.5, 0.6) is 17.2 Å². The van der Waals surface area contributed by atoms with Gasteiger partial charge in [0.1, 0.15) is 23.9 Å². The first-order valence-electron chi connectivity index (χ1n) is 9.78. The lowest BCUT2D eigenvalue weighted by Gasteiger charge is -2.23. The van der Waals surface area contributed by atoms with Crippen LogP contribution in [0.15, 0.2) is 48.5 Å². The Hall–Kier alpha value is -2.00. The lowest BCUT2D eigenvalue weighted by atomic mass is 9.94. The van der Waals surface area contributed by atoms with Crippen LogP contribution in [0.3, 0.4) is 0 Å². The highest BCUT2D eigenvalue weighted by molar-refractivity contribution is 5.36. The van der Waals surface area contributed by atoms with Gasteiger partial charge in [0.15, 0.2) is 0 Å². The van der Waals surface area contributed by atoms with Gasteiger partial charge in [-0.3, -0.25) is 0 Å². The SMILES string of the molecule is CCC(CC)c1ccc(Oc2ccc(OCC(C)N(C)CC)cc2)cc1. The first-order valence-corrected chi connectivity index (χ1v) is 9.78. The second-order valence-electron chi connectivity index (χ2n) is 6.89. The fourth-order valence-corrected chi connectivity index (χ4v) is 2.96. The van der Waals surface area contributed by atoms with Crippen molar-refractivity contribution in [2.45, 2.75) is 52.5 Å². The zero-order valence-electron chi connectivity index (χ0n) is 16.9. The second kappa shape index (κ2) is 10.2. The van der Waals surface area contributed by atoms with E-state index < -0.39 is 0 Å². The maximum absolute atomic E-state index is 5.95. The van der Waals surface area contributed by atoms with Crippen molar-refractivity contribution >= 4 is 0 Å². The first-order chi connectivity index (χ1) is 12.6. The van der Waals surface area contributed by atoms with Crippen LogP contribution in [0.4, 0.5) is 0 Å². The number of ether oxygens (including phenoxy) is 2. The largest absolute Gasteiger partial charge is 0.492 e. The van der Waals surface area contributed by atoms with Crippen molar-refractivity contribution in [3.8, 4) is 17.2 Å². The van der Waals surface area contributed by atoms with E-state index in [0.717, 1.165) is 23.8 Å². The average Bonchev–Trinajstić information content (AvgIpc) is 2.68. The molecule has 0 N–H and O–H groups in total. The highest BCUT2D eigenvalue weighted by Gasteiger charge is 2.09. The molecule has 0 spiro atoms. The van der Waals surface area contributed by atoms with Gasteiger partial charge in [-0.05, 0) is 81.2 Å². The molecule has 2 rings (SSSR count). The molecule has 2 aromatic rings. The van der Waals surface area contributed by atoms with Gasteiger partial charge >= 0.3 is 0 Å². The minimum Gasteiger partial charge on any atom is -0.492 e. The molecule has 1 unspecified atom stereocenters. The molecule has 0 amide bonds. The fraction of sp³-hybridized carbons (Fsp3) is 0.478.